The van der Waals surface area contributed by atoms with Crippen LogP contribution in [0, 0.1) is 6.92 Å². The van der Waals surface area contributed by atoms with E-state index in [2.05, 4.69) is 20.4 Å². The van der Waals surface area contributed by atoms with Gasteiger partial charge in [-0.15, -0.1) is 5.10 Å². The Hall–Kier alpha value is -3.51. The molecule has 2 aromatic heterocycles. The summed E-state index contributed by atoms with van der Waals surface area (Å²) in [5.74, 6) is 0.535. The number of rotatable bonds is 5. The first-order valence-corrected chi connectivity index (χ1v) is 9.45. The van der Waals surface area contributed by atoms with Crippen molar-refractivity contribution in [1.82, 2.24) is 19.7 Å². The van der Waals surface area contributed by atoms with E-state index in [-0.39, 0.29) is 5.91 Å². The van der Waals surface area contributed by atoms with E-state index in [1.165, 1.54) is 10.9 Å². The highest BCUT2D eigenvalue weighted by molar-refractivity contribution is 6.30. The Balaban J connectivity index is 1.68. The molecule has 0 saturated heterocycles. The second kappa shape index (κ2) is 8.24. The molecule has 0 bridgehead atoms. The predicted molar refractivity (Wildman–Crippen MR) is 113 cm³/mol. The Kier molecular flexibility index (Phi) is 5.35. The minimum Gasteiger partial charge on any atom is -0.350 e. The Morgan fingerprint density at radius 3 is 2.52 bits per heavy atom. The van der Waals surface area contributed by atoms with Gasteiger partial charge in [-0.25, -0.2) is 0 Å². The summed E-state index contributed by atoms with van der Waals surface area (Å²) in [6.07, 6.45) is 3.13. The zero-order valence-corrected chi connectivity index (χ0v) is 16.5. The van der Waals surface area contributed by atoms with E-state index in [9.17, 15) is 4.79 Å². The molecule has 7 heteroatoms. The van der Waals surface area contributed by atoms with Gasteiger partial charge in [0.25, 0.3) is 5.91 Å². The minimum absolute atomic E-state index is 0.303. The van der Waals surface area contributed by atoms with Crippen molar-refractivity contribution in [3.05, 3.63) is 94.8 Å². The fraction of sp³-hybridized carbons (Fsp3) is 0.0909. The number of carbonyl (C=O) groups is 1. The average molecular weight is 404 g/mol. The van der Waals surface area contributed by atoms with Crippen LogP contribution >= 0.6 is 11.6 Å². The number of carbonyl (C=O) groups excluding carboxylic acids is 1. The molecule has 6 nitrogen and oxygen atoms in total. The second-order valence-corrected chi connectivity index (χ2v) is 7.00. The molecule has 29 heavy (non-hydrogen) atoms. The molecule has 144 valence electrons. The maximum absolute atomic E-state index is 13.0. The van der Waals surface area contributed by atoms with Gasteiger partial charge in [-0.1, -0.05) is 53.6 Å². The zero-order chi connectivity index (χ0) is 20.2. The van der Waals surface area contributed by atoms with E-state index in [1.54, 1.807) is 18.3 Å². The van der Waals surface area contributed by atoms with Crippen LogP contribution in [-0.4, -0.2) is 25.7 Å². The lowest BCUT2D eigenvalue weighted by atomic mass is 10.1. The third-order valence-corrected chi connectivity index (χ3v) is 4.63. The highest BCUT2D eigenvalue weighted by atomic mass is 35.5. The SMILES string of the molecule is Cc1ccc(-c2nc(NCc3ccc(Cl)cc3)n(C(=O)c3cccnc3)n2)cc1. The first-order chi connectivity index (χ1) is 14.1. The summed E-state index contributed by atoms with van der Waals surface area (Å²) < 4.78 is 1.28. The molecular weight excluding hydrogens is 386 g/mol. The fourth-order valence-corrected chi connectivity index (χ4v) is 2.91. The molecule has 2 heterocycles. The van der Waals surface area contributed by atoms with Gasteiger partial charge in [0.15, 0.2) is 5.82 Å². The first kappa shape index (κ1) is 18.8. The molecule has 2 aromatic carbocycles. The Morgan fingerprint density at radius 1 is 1.07 bits per heavy atom. The highest BCUT2D eigenvalue weighted by Crippen LogP contribution is 2.20. The third-order valence-electron chi connectivity index (χ3n) is 4.38. The fourth-order valence-electron chi connectivity index (χ4n) is 2.79. The van der Waals surface area contributed by atoms with Crippen LogP contribution in [0.15, 0.2) is 73.1 Å². The van der Waals surface area contributed by atoms with Crippen LogP contribution in [0.25, 0.3) is 11.4 Å². The van der Waals surface area contributed by atoms with Crippen molar-refractivity contribution in [2.75, 3.05) is 5.32 Å². The summed E-state index contributed by atoms with van der Waals surface area (Å²) in [7, 11) is 0. The molecule has 0 aliphatic rings. The van der Waals surface area contributed by atoms with Crippen molar-refractivity contribution in [1.29, 1.82) is 0 Å². The van der Waals surface area contributed by atoms with Gasteiger partial charge in [0.1, 0.15) is 0 Å². The van der Waals surface area contributed by atoms with Crippen LogP contribution in [0.5, 0.6) is 0 Å². The number of aryl methyl sites for hydroxylation is 1. The van der Waals surface area contributed by atoms with Crippen molar-refractivity contribution in [3.8, 4) is 11.4 Å². The molecule has 0 aliphatic heterocycles. The summed E-state index contributed by atoms with van der Waals surface area (Å²) in [6.45, 7) is 2.49. The molecule has 0 saturated carbocycles. The van der Waals surface area contributed by atoms with Crippen molar-refractivity contribution in [3.63, 3.8) is 0 Å². The molecule has 0 fully saturated rings. The second-order valence-electron chi connectivity index (χ2n) is 6.56. The molecule has 0 radical (unpaired) electrons. The summed E-state index contributed by atoms with van der Waals surface area (Å²) in [6, 6.07) is 18.7. The number of nitrogens with one attached hydrogen (secondary N) is 1. The monoisotopic (exact) mass is 403 g/mol. The van der Waals surface area contributed by atoms with Gasteiger partial charge >= 0.3 is 0 Å². The lowest BCUT2D eigenvalue weighted by Gasteiger charge is -2.07. The molecule has 4 rings (SSSR count). The zero-order valence-electron chi connectivity index (χ0n) is 15.7. The molecule has 0 unspecified atom stereocenters. The van der Waals surface area contributed by atoms with Crippen LogP contribution in [0.4, 0.5) is 5.95 Å². The number of hydrogen-bond acceptors (Lipinski definition) is 5. The van der Waals surface area contributed by atoms with Crippen LogP contribution in [0.2, 0.25) is 5.02 Å². The van der Waals surface area contributed by atoms with Crippen molar-refractivity contribution in [2.45, 2.75) is 13.5 Å². The van der Waals surface area contributed by atoms with E-state index in [1.807, 2.05) is 55.5 Å². The van der Waals surface area contributed by atoms with Crippen molar-refractivity contribution < 1.29 is 4.79 Å². The summed E-state index contributed by atoms with van der Waals surface area (Å²) in [5, 5.41) is 8.34. The number of aromatic nitrogens is 4. The van der Waals surface area contributed by atoms with Gasteiger partial charge in [-0.3, -0.25) is 9.78 Å². The number of anilines is 1. The summed E-state index contributed by atoms with van der Waals surface area (Å²) in [4.78, 5) is 21.6. The van der Waals surface area contributed by atoms with E-state index in [0.717, 1.165) is 16.7 Å². The molecule has 0 atom stereocenters. The van der Waals surface area contributed by atoms with Gasteiger partial charge < -0.3 is 5.32 Å². The Morgan fingerprint density at radius 2 is 1.83 bits per heavy atom. The Labute approximate surface area is 173 Å². The third kappa shape index (κ3) is 4.33. The number of nitrogens with zero attached hydrogens (tertiary/aromatic N) is 4. The number of benzene rings is 2. The quantitative estimate of drug-likeness (QED) is 0.527. The molecule has 0 amide bonds. The number of pyridine rings is 1. The molecule has 4 aromatic rings. The van der Waals surface area contributed by atoms with E-state index in [0.29, 0.717) is 28.9 Å². The van der Waals surface area contributed by atoms with E-state index >= 15 is 0 Å². The summed E-state index contributed by atoms with van der Waals surface area (Å²) in [5.41, 5.74) is 3.42. The Bertz CT molecular complexity index is 1120. The summed E-state index contributed by atoms with van der Waals surface area (Å²) >= 11 is 5.95. The lowest BCUT2D eigenvalue weighted by Crippen LogP contribution is -2.17. The maximum atomic E-state index is 13.0. The highest BCUT2D eigenvalue weighted by Gasteiger charge is 2.19. The van der Waals surface area contributed by atoms with E-state index in [4.69, 9.17) is 11.6 Å². The van der Waals surface area contributed by atoms with Gasteiger partial charge in [-0.05, 0) is 36.8 Å². The topological polar surface area (TPSA) is 72.7 Å². The van der Waals surface area contributed by atoms with Crippen LogP contribution < -0.4 is 5.32 Å². The van der Waals surface area contributed by atoms with Crippen molar-refractivity contribution >= 4 is 23.5 Å². The van der Waals surface area contributed by atoms with Crippen LogP contribution in [-0.2, 0) is 6.54 Å². The molecule has 0 spiro atoms. The van der Waals surface area contributed by atoms with Crippen LogP contribution in [0.3, 0.4) is 0 Å². The normalized spacial score (nSPS) is 10.7. The van der Waals surface area contributed by atoms with E-state index < -0.39 is 0 Å². The lowest BCUT2D eigenvalue weighted by molar-refractivity contribution is 0.0947. The number of hydrogen-bond donors (Lipinski definition) is 1. The standard InChI is InChI=1S/C22H18ClN5O/c1-15-4-8-17(9-5-15)20-26-22(25-13-16-6-10-19(23)11-7-16)28(27-20)21(29)18-3-2-12-24-14-18/h2-12,14H,13H2,1H3,(H,25,26,27). The van der Waals surface area contributed by atoms with Gasteiger partial charge in [-0.2, -0.15) is 9.67 Å². The van der Waals surface area contributed by atoms with Crippen LogP contribution in [0.1, 0.15) is 21.5 Å². The van der Waals surface area contributed by atoms with Crippen molar-refractivity contribution in [2.24, 2.45) is 0 Å². The molecule has 0 aliphatic carbocycles. The average Bonchev–Trinajstić information content (AvgIpc) is 3.18. The van der Waals surface area contributed by atoms with Gasteiger partial charge in [0.2, 0.25) is 5.95 Å². The molecular formula is C22H18ClN5O. The largest absolute Gasteiger partial charge is 0.350 e. The maximum Gasteiger partial charge on any atom is 0.282 e. The first-order valence-electron chi connectivity index (χ1n) is 9.07. The predicted octanol–water partition coefficient (Wildman–Crippen LogP) is 4.60. The molecule has 1 N–H and O–H groups in total. The minimum atomic E-state index is -0.303. The smallest absolute Gasteiger partial charge is 0.282 e. The van der Waals surface area contributed by atoms with Gasteiger partial charge in [0, 0.05) is 29.5 Å². The van der Waals surface area contributed by atoms with Gasteiger partial charge in [0.05, 0.1) is 5.56 Å². The number of halogens is 1.